The highest BCUT2D eigenvalue weighted by molar-refractivity contribution is 5.97. The van der Waals surface area contributed by atoms with E-state index in [1.165, 1.54) is 6.21 Å². The third-order valence-electron chi connectivity index (χ3n) is 4.00. The molecule has 1 aliphatic rings. The minimum Gasteiger partial charge on any atom is -0.493 e. The molecule has 0 fully saturated rings. The van der Waals surface area contributed by atoms with E-state index in [1.54, 1.807) is 43.5 Å². The lowest BCUT2D eigenvalue weighted by Gasteiger charge is -2.13. The predicted molar refractivity (Wildman–Crippen MR) is 109 cm³/mol. The molecule has 0 bridgehead atoms. The number of rotatable bonds is 8. The smallest absolute Gasteiger partial charge is 0.259 e. The first-order valence-corrected chi connectivity index (χ1v) is 9.30. The van der Waals surface area contributed by atoms with Gasteiger partial charge in [-0.25, -0.2) is 5.43 Å². The topological polar surface area (TPSA) is 107 Å². The van der Waals surface area contributed by atoms with E-state index in [9.17, 15) is 9.59 Å². The van der Waals surface area contributed by atoms with Gasteiger partial charge in [-0.3, -0.25) is 9.59 Å². The summed E-state index contributed by atoms with van der Waals surface area (Å²) in [6, 6.07) is 10.1. The first-order valence-electron chi connectivity index (χ1n) is 9.30. The molecular formula is C21H23N3O6. The number of fused-ring (bicyclic) bond motifs is 1. The SMILES string of the molecule is COc1cc(/C=N/NC(=O)CNC(=O)c2ccc3c(c2)OCO3)ccc1OC(C)C. The van der Waals surface area contributed by atoms with Crippen molar-refractivity contribution >= 4 is 18.0 Å². The fraction of sp³-hybridized carbons (Fsp3) is 0.286. The van der Waals surface area contributed by atoms with Crippen LogP contribution in [0.25, 0.3) is 0 Å². The second-order valence-electron chi connectivity index (χ2n) is 6.62. The molecule has 1 heterocycles. The van der Waals surface area contributed by atoms with Crippen molar-refractivity contribution in [2.24, 2.45) is 5.10 Å². The zero-order valence-electron chi connectivity index (χ0n) is 16.9. The molecule has 0 radical (unpaired) electrons. The van der Waals surface area contributed by atoms with E-state index in [-0.39, 0.29) is 19.4 Å². The average Bonchev–Trinajstić information content (AvgIpc) is 3.20. The van der Waals surface area contributed by atoms with Crippen LogP contribution < -0.4 is 29.7 Å². The number of hydrogen-bond donors (Lipinski definition) is 2. The number of benzene rings is 2. The molecule has 0 aliphatic carbocycles. The summed E-state index contributed by atoms with van der Waals surface area (Å²) in [7, 11) is 1.55. The van der Waals surface area contributed by atoms with E-state index in [4.69, 9.17) is 18.9 Å². The van der Waals surface area contributed by atoms with Gasteiger partial charge in [0.2, 0.25) is 6.79 Å². The molecule has 9 heteroatoms. The summed E-state index contributed by atoms with van der Waals surface area (Å²) in [5.74, 6) is 1.40. The number of hydrazone groups is 1. The molecule has 2 aromatic rings. The number of hydrogen-bond acceptors (Lipinski definition) is 7. The summed E-state index contributed by atoms with van der Waals surface area (Å²) >= 11 is 0. The third kappa shape index (κ3) is 5.40. The first-order chi connectivity index (χ1) is 14.5. The second-order valence-corrected chi connectivity index (χ2v) is 6.62. The van der Waals surface area contributed by atoms with Crippen LogP contribution >= 0.6 is 0 Å². The van der Waals surface area contributed by atoms with E-state index in [0.29, 0.717) is 34.1 Å². The quantitative estimate of drug-likeness (QED) is 0.507. The summed E-state index contributed by atoms with van der Waals surface area (Å²) in [5.41, 5.74) is 3.45. The number of carbonyl (C=O) groups is 2. The molecule has 3 rings (SSSR count). The molecule has 2 aromatic carbocycles. The van der Waals surface area contributed by atoms with Gasteiger partial charge < -0.3 is 24.3 Å². The van der Waals surface area contributed by atoms with Gasteiger partial charge in [0.1, 0.15) is 0 Å². The van der Waals surface area contributed by atoms with Crippen LogP contribution in [0.15, 0.2) is 41.5 Å². The standard InChI is InChI=1S/C21H23N3O6/c1-13(2)30-17-6-4-14(8-18(17)27-3)10-23-24-20(25)11-22-21(26)15-5-7-16-19(9-15)29-12-28-16/h4-10,13H,11-12H2,1-3H3,(H,22,26)(H,24,25)/b23-10+. The van der Waals surface area contributed by atoms with Crippen molar-refractivity contribution in [3.63, 3.8) is 0 Å². The molecule has 0 saturated heterocycles. The Labute approximate surface area is 174 Å². The van der Waals surface area contributed by atoms with Crippen LogP contribution in [-0.2, 0) is 4.79 Å². The number of ether oxygens (including phenoxy) is 4. The van der Waals surface area contributed by atoms with E-state index in [1.807, 2.05) is 13.8 Å². The van der Waals surface area contributed by atoms with Gasteiger partial charge in [0.25, 0.3) is 11.8 Å². The minimum absolute atomic E-state index is 0.0191. The van der Waals surface area contributed by atoms with E-state index < -0.39 is 11.8 Å². The van der Waals surface area contributed by atoms with Gasteiger partial charge in [0.05, 0.1) is 26.0 Å². The maximum absolute atomic E-state index is 12.2. The molecular weight excluding hydrogens is 390 g/mol. The number of amides is 2. The average molecular weight is 413 g/mol. The molecule has 0 spiro atoms. The van der Waals surface area contributed by atoms with Crippen LogP contribution in [0.4, 0.5) is 0 Å². The van der Waals surface area contributed by atoms with Crippen LogP contribution in [-0.4, -0.2) is 44.6 Å². The monoisotopic (exact) mass is 413 g/mol. The van der Waals surface area contributed by atoms with Crippen molar-refractivity contribution in [2.75, 3.05) is 20.4 Å². The molecule has 30 heavy (non-hydrogen) atoms. The predicted octanol–water partition coefficient (Wildman–Crippen LogP) is 2.09. The van der Waals surface area contributed by atoms with Crippen LogP contribution in [0.3, 0.4) is 0 Å². The molecule has 2 amide bonds. The van der Waals surface area contributed by atoms with Gasteiger partial charge in [-0.15, -0.1) is 0 Å². The highest BCUT2D eigenvalue weighted by Gasteiger charge is 2.16. The Bertz CT molecular complexity index is 958. The van der Waals surface area contributed by atoms with Crippen LogP contribution in [0, 0.1) is 0 Å². The second kappa shape index (κ2) is 9.64. The number of carbonyl (C=O) groups excluding carboxylic acids is 2. The molecule has 9 nitrogen and oxygen atoms in total. The molecule has 2 N–H and O–H groups in total. The Morgan fingerprint density at radius 2 is 1.93 bits per heavy atom. The summed E-state index contributed by atoms with van der Waals surface area (Å²) < 4.78 is 21.4. The maximum atomic E-state index is 12.2. The number of nitrogens with one attached hydrogen (secondary N) is 2. The first kappa shape index (κ1) is 21.0. The Hall–Kier alpha value is -3.75. The van der Waals surface area contributed by atoms with Gasteiger partial charge in [-0.05, 0) is 55.8 Å². The lowest BCUT2D eigenvalue weighted by molar-refractivity contribution is -0.120. The van der Waals surface area contributed by atoms with Crippen LogP contribution in [0.1, 0.15) is 29.8 Å². The fourth-order valence-electron chi connectivity index (χ4n) is 2.63. The van der Waals surface area contributed by atoms with Crippen molar-refractivity contribution < 1.29 is 28.5 Å². The largest absolute Gasteiger partial charge is 0.493 e. The molecule has 0 saturated carbocycles. The third-order valence-corrected chi connectivity index (χ3v) is 4.00. The summed E-state index contributed by atoms with van der Waals surface area (Å²) in [5, 5.41) is 6.42. The summed E-state index contributed by atoms with van der Waals surface area (Å²) in [4.78, 5) is 24.1. The van der Waals surface area contributed by atoms with Crippen molar-refractivity contribution in [2.45, 2.75) is 20.0 Å². The van der Waals surface area contributed by atoms with Gasteiger partial charge in [0, 0.05) is 5.56 Å². The summed E-state index contributed by atoms with van der Waals surface area (Å²) in [6.07, 6.45) is 1.49. The lowest BCUT2D eigenvalue weighted by atomic mass is 10.2. The zero-order chi connectivity index (χ0) is 21.5. The van der Waals surface area contributed by atoms with Crippen LogP contribution in [0.2, 0.25) is 0 Å². The van der Waals surface area contributed by atoms with E-state index in [0.717, 1.165) is 0 Å². The molecule has 0 unspecified atom stereocenters. The number of methoxy groups -OCH3 is 1. The number of nitrogens with zero attached hydrogens (tertiary/aromatic N) is 1. The fourth-order valence-corrected chi connectivity index (χ4v) is 2.63. The zero-order valence-corrected chi connectivity index (χ0v) is 16.9. The molecule has 158 valence electrons. The Morgan fingerprint density at radius 3 is 2.70 bits per heavy atom. The summed E-state index contributed by atoms with van der Waals surface area (Å²) in [6.45, 7) is 3.75. The Morgan fingerprint density at radius 1 is 1.13 bits per heavy atom. The van der Waals surface area contributed by atoms with Crippen molar-refractivity contribution in [3.05, 3.63) is 47.5 Å². The van der Waals surface area contributed by atoms with Gasteiger partial charge in [-0.1, -0.05) is 0 Å². The lowest BCUT2D eigenvalue weighted by Crippen LogP contribution is -2.34. The van der Waals surface area contributed by atoms with Gasteiger partial charge in [0.15, 0.2) is 23.0 Å². The molecule has 0 aromatic heterocycles. The molecule has 0 atom stereocenters. The minimum atomic E-state index is -0.466. The van der Waals surface area contributed by atoms with E-state index in [2.05, 4.69) is 15.8 Å². The van der Waals surface area contributed by atoms with Crippen molar-refractivity contribution in [3.8, 4) is 23.0 Å². The van der Waals surface area contributed by atoms with Crippen molar-refractivity contribution in [1.29, 1.82) is 0 Å². The van der Waals surface area contributed by atoms with Crippen LogP contribution in [0.5, 0.6) is 23.0 Å². The Balaban J connectivity index is 1.49. The normalized spacial score (nSPS) is 12.1. The van der Waals surface area contributed by atoms with E-state index >= 15 is 0 Å². The van der Waals surface area contributed by atoms with Gasteiger partial charge in [-0.2, -0.15) is 5.10 Å². The van der Waals surface area contributed by atoms with Gasteiger partial charge >= 0.3 is 0 Å². The van der Waals surface area contributed by atoms with Crippen molar-refractivity contribution in [1.82, 2.24) is 10.7 Å². The molecule has 1 aliphatic heterocycles. The highest BCUT2D eigenvalue weighted by atomic mass is 16.7. The highest BCUT2D eigenvalue weighted by Crippen LogP contribution is 2.32. The Kier molecular flexibility index (Phi) is 6.74. The maximum Gasteiger partial charge on any atom is 0.259 e.